The first-order chi connectivity index (χ1) is 7.02. The lowest BCUT2D eigenvalue weighted by molar-refractivity contribution is -0.140. The highest BCUT2D eigenvalue weighted by Gasteiger charge is 2.80. The molecule has 0 radical (unpaired) electrons. The van der Waals surface area contributed by atoms with Gasteiger partial charge in [-0.05, 0) is 12.8 Å². The summed E-state index contributed by atoms with van der Waals surface area (Å²) in [6.45, 7) is 4.74. The van der Waals surface area contributed by atoms with E-state index in [-0.39, 0.29) is 11.9 Å². The SMILES string of the molecule is CC12CCC(S(=O)(=O)O)(C(=O)C1=O)C2(C)C.O. The number of fused-ring (bicyclic) bond motifs is 2. The minimum Gasteiger partial charge on any atom is -0.412 e. The Kier molecular flexibility index (Phi) is 2.65. The van der Waals surface area contributed by atoms with Crippen LogP contribution in [-0.2, 0) is 19.7 Å². The topological polar surface area (TPSA) is 120 Å². The molecule has 0 aromatic carbocycles. The normalized spacial score (nSPS) is 39.3. The Bertz CT molecular complexity index is 505. The van der Waals surface area contributed by atoms with E-state index in [2.05, 4.69) is 0 Å². The number of ketones is 2. The number of carbonyl (C=O) groups is 2. The van der Waals surface area contributed by atoms with Crippen LogP contribution in [0.15, 0.2) is 0 Å². The average molecular weight is 264 g/mol. The van der Waals surface area contributed by atoms with Gasteiger partial charge in [0.15, 0.2) is 4.75 Å². The van der Waals surface area contributed by atoms with Gasteiger partial charge >= 0.3 is 0 Å². The minimum absolute atomic E-state index is 0. The molecular weight excluding hydrogens is 248 g/mol. The third-order valence-electron chi connectivity index (χ3n) is 4.88. The quantitative estimate of drug-likeness (QED) is 0.518. The molecule has 2 saturated carbocycles. The van der Waals surface area contributed by atoms with Crippen molar-refractivity contribution < 1.29 is 28.0 Å². The zero-order valence-electron chi connectivity index (χ0n) is 9.90. The van der Waals surface area contributed by atoms with Crippen molar-refractivity contribution in [3.63, 3.8) is 0 Å². The third kappa shape index (κ3) is 1.10. The summed E-state index contributed by atoms with van der Waals surface area (Å²) in [4.78, 5) is 23.7. The molecule has 0 aliphatic heterocycles. The van der Waals surface area contributed by atoms with Crippen LogP contribution >= 0.6 is 0 Å². The van der Waals surface area contributed by atoms with Crippen LogP contribution in [0.25, 0.3) is 0 Å². The van der Waals surface area contributed by atoms with Gasteiger partial charge in [-0.1, -0.05) is 20.8 Å². The van der Waals surface area contributed by atoms with Gasteiger partial charge in [-0.25, -0.2) is 0 Å². The molecule has 0 aromatic heterocycles. The van der Waals surface area contributed by atoms with E-state index in [1.165, 1.54) is 0 Å². The summed E-state index contributed by atoms with van der Waals surface area (Å²) in [6, 6.07) is 0. The largest absolute Gasteiger partial charge is 0.412 e. The predicted molar refractivity (Wildman–Crippen MR) is 59.0 cm³/mol. The second-order valence-corrected chi connectivity index (χ2v) is 7.06. The fourth-order valence-electron chi connectivity index (χ4n) is 3.29. The van der Waals surface area contributed by atoms with E-state index >= 15 is 0 Å². The molecule has 0 spiro atoms. The predicted octanol–water partition coefficient (Wildman–Crippen LogP) is -0.234. The summed E-state index contributed by atoms with van der Waals surface area (Å²) in [5.41, 5.74) is -2.03. The van der Waals surface area contributed by atoms with E-state index in [9.17, 15) is 22.6 Å². The fourth-order valence-corrected chi connectivity index (χ4v) is 4.85. The van der Waals surface area contributed by atoms with Crippen LogP contribution in [0.1, 0.15) is 33.6 Å². The van der Waals surface area contributed by atoms with Crippen LogP contribution in [0, 0.1) is 10.8 Å². The van der Waals surface area contributed by atoms with Crippen LogP contribution in [0.4, 0.5) is 0 Å². The summed E-state index contributed by atoms with van der Waals surface area (Å²) in [7, 11) is -4.57. The first-order valence-corrected chi connectivity index (χ1v) is 6.53. The Labute approximate surface area is 99.4 Å². The van der Waals surface area contributed by atoms with E-state index in [1.807, 2.05) is 0 Å². The highest BCUT2D eigenvalue weighted by atomic mass is 32.2. The van der Waals surface area contributed by atoms with E-state index in [1.54, 1.807) is 20.8 Å². The summed E-state index contributed by atoms with van der Waals surface area (Å²) in [5.74, 6) is -1.62. The number of Topliss-reactive ketones (excluding diaryl/α,β-unsaturated/α-hetero) is 2. The summed E-state index contributed by atoms with van der Waals surface area (Å²) in [5, 5.41) is 0. The molecule has 2 atom stereocenters. The van der Waals surface area contributed by atoms with Crippen LogP contribution in [-0.4, -0.2) is 34.8 Å². The monoisotopic (exact) mass is 264 g/mol. The molecule has 6 nitrogen and oxygen atoms in total. The van der Waals surface area contributed by atoms with Crippen LogP contribution < -0.4 is 0 Å². The van der Waals surface area contributed by atoms with Crippen LogP contribution in [0.3, 0.4) is 0 Å². The standard InChI is InChI=1S/C10H14O5S.H2O/c1-8(2)9(3)4-5-10(8,16(13,14)15)7(12)6(9)11;/h4-5H2,1-3H3,(H,13,14,15);1H2. The van der Waals surface area contributed by atoms with Gasteiger partial charge < -0.3 is 5.48 Å². The molecule has 3 N–H and O–H groups in total. The Morgan fingerprint density at radius 2 is 1.53 bits per heavy atom. The van der Waals surface area contributed by atoms with E-state index in [4.69, 9.17) is 0 Å². The number of hydrogen-bond acceptors (Lipinski definition) is 4. The van der Waals surface area contributed by atoms with Gasteiger partial charge in [-0.15, -0.1) is 0 Å². The van der Waals surface area contributed by atoms with Gasteiger partial charge in [0, 0.05) is 10.8 Å². The number of hydrogen-bond donors (Lipinski definition) is 1. The molecule has 0 heterocycles. The van der Waals surface area contributed by atoms with Gasteiger partial charge in [0.05, 0.1) is 0 Å². The Balaban J connectivity index is 0.00000144. The molecule has 17 heavy (non-hydrogen) atoms. The van der Waals surface area contributed by atoms with Gasteiger partial charge in [-0.2, -0.15) is 8.42 Å². The maximum atomic E-state index is 11.9. The molecule has 0 saturated heterocycles. The molecule has 2 aliphatic rings. The van der Waals surface area contributed by atoms with Crippen LogP contribution in [0.2, 0.25) is 0 Å². The molecule has 2 unspecified atom stereocenters. The maximum Gasteiger partial charge on any atom is 0.278 e. The first kappa shape index (κ1) is 14.3. The number of rotatable bonds is 1. The van der Waals surface area contributed by atoms with Crippen molar-refractivity contribution in [3.8, 4) is 0 Å². The summed E-state index contributed by atoms with van der Waals surface area (Å²) >= 11 is 0. The Morgan fingerprint density at radius 1 is 1.06 bits per heavy atom. The Hall–Kier alpha value is -0.790. The maximum absolute atomic E-state index is 11.9. The first-order valence-electron chi connectivity index (χ1n) is 5.09. The Morgan fingerprint density at radius 3 is 1.76 bits per heavy atom. The average Bonchev–Trinajstić information content (AvgIpc) is 2.38. The van der Waals surface area contributed by atoms with Crippen LogP contribution in [0.5, 0.6) is 0 Å². The fraction of sp³-hybridized carbons (Fsp3) is 0.800. The number of carbonyl (C=O) groups excluding carboxylic acids is 2. The van der Waals surface area contributed by atoms with Gasteiger partial charge in [-0.3, -0.25) is 14.1 Å². The van der Waals surface area contributed by atoms with Gasteiger partial charge in [0.25, 0.3) is 10.1 Å². The second-order valence-electron chi connectivity index (χ2n) is 5.42. The van der Waals surface area contributed by atoms with Crippen molar-refractivity contribution in [2.24, 2.45) is 10.8 Å². The smallest absolute Gasteiger partial charge is 0.278 e. The van der Waals surface area contributed by atoms with Crippen molar-refractivity contribution in [3.05, 3.63) is 0 Å². The van der Waals surface area contributed by atoms with E-state index in [0.717, 1.165) is 0 Å². The lowest BCUT2D eigenvalue weighted by Crippen LogP contribution is -2.51. The molecule has 2 aliphatic carbocycles. The van der Waals surface area contributed by atoms with Crippen molar-refractivity contribution in [2.45, 2.75) is 38.4 Å². The highest BCUT2D eigenvalue weighted by Crippen LogP contribution is 2.66. The van der Waals surface area contributed by atoms with Crippen molar-refractivity contribution in [2.75, 3.05) is 0 Å². The highest BCUT2D eigenvalue weighted by molar-refractivity contribution is 7.88. The zero-order chi connectivity index (χ0) is 12.6. The van der Waals surface area contributed by atoms with Gasteiger partial charge in [0.1, 0.15) is 0 Å². The zero-order valence-corrected chi connectivity index (χ0v) is 10.7. The van der Waals surface area contributed by atoms with Gasteiger partial charge in [0.2, 0.25) is 11.6 Å². The van der Waals surface area contributed by atoms with E-state index < -0.39 is 37.3 Å². The molecule has 2 bridgehead atoms. The van der Waals surface area contributed by atoms with Crippen molar-refractivity contribution >= 4 is 21.7 Å². The molecule has 0 amide bonds. The molecule has 2 fully saturated rings. The molecule has 98 valence electrons. The molecule has 2 rings (SSSR count). The molecule has 7 heteroatoms. The summed E-state index contributed by atoms with van der Waals surface area (Å²) < 4.78 is 30.4. The summed E-state index contributed by atoms with van der Waals surface area (Å²) in [6.07, 6.45) is 0.351. The van der Waals surface area contributed by atoms with E-state index in [0.29, 0.717) is 6.42 Å². The molecule has 0 aromatic rings. The molecular formula is C10H16O6S. The second kappa shape index (κ2) is 3.15. The van der Waals surface area contributed by atoms with Crippen molar-refractivity contribution in [1.82, 2.24) is 0 Å². The lowest BCUT2D eigenvalue weighted by Gasteiger charge is -2.35. The third-order valence-corrected chi connectivity index (χ3v) is 6.66. The van der Waals surface area contributed by atoms with Crippen molar-refractivity contribution in [1.29, 1.82) is 0 Å². The minimum atomic E-state index is -4.57. The lowest BCUT2D eigenvalue weighted by atomic mass is 9.70.